The Hall–Kier alpha value is -0.620. The minimum atomic E-state index is -0.256. The first-order valence-electron chi connectivity index (χ1n) is 4.06. The van der Waals surface area contributed by atoms with Gasteiger partial charge in [-0.3, -0.25) is 9.59 Å². The highest BCUT2D eigenvalue weighted by atomic mass is 127. The number of alkyl halides is 1. The second-order valence-electron chi connectivity index (χ2n) is 2.75. The van der Waals surface area contributed by atoms with Gasteiger partial charge in [0.2, 0.25) is 0 Å². The molecular weight excluding hydrogens is 330 g/mol. The summed E-state index contributed by atoms with van der Waals surface area (Å²) in [5, 5.41) is 0. The van der Waals surface area contributed by atoms with Crippen LogP contribution < -0.4 is 4.74 Å². The highest BCUT2D eigenvalue weighted by Gasteiger charge is 2.14. The molecule has 5 heteroatoms. The molecule has 0 saturated carbocycles. The quantitative estimate of drug-likeness (QED) is 0.367. The number of hydrogen-bond donors (Lipinski definition) is 0. The van der Waals surface area contributed by atoms with Crippen molar-refractivity contribution in [2.45, 2.75) is 0 Å². The van der Waals surface area contributed by atoms with E-state index in [1.165, 1.54) is 13.2 Å². The lowest BCUT2D eigenvalue weighted by molar-refractivity contribution is 0.101. The number of carbonyl (C=O) groups excluding carboxylic acids is 2. The fourth-order valence-corrected chi connectivity index (χ4v) is 1.83. The van der Waals surface area contributed by atoms with Crippen molar-refractivity contribution >= 4 is 46.3 Å². The van der Waals surface area contributed by atoms with Crippen LogP contribution in [0.15, 0.2) is 12.1 Å². The number of ketones is 1. The van der Waals surface area contributed by atoms with E-state index in [-0.39, 0.29) is 11.7 Å². The molecule has 0 saturated heterocycles. The highest BCUT2D eigenvalue weighted by molar-refractivity contribution is 14.1. The van der Waals surface area contributed by atoms with E-state index < -0.39 is 0 Å². The third-order valence-corrected chi connectivity index (χ3v) is 3.04. The summed E-state index contributed by atoms with van der Waals surface area (Å²) < 4.78 is 5.79. The van der Waals surface area contributed by atoms with E-state index in [0.717, 1.165) is 3.57 Å². The fraction of sp³-hybridized carbons (Fsp3) is 0.200. The Morgan fingerprint density at radius 1 is 1.60 bits per heavy atom. The smallest absolute Gasteiger partial charge is 0.181 e. The van der Waals surface area contributed by atoms with Crippen molar-refractivity contribution in [3.8, 4) is 5.75 Å². The maximum Gasteiger partial charge on any atom is 0.181 e. The number of Topliss-reactive ketones (excluding diaryl/α,β-unsaturated/α-hetero) is 1. The number of methoxy groups -OCH3 is 1. The Morgan fingerprint density at radius 2 is 2.27 bits per heavy atom. The van der Waals surface area contributed by atoms with Gasteiger partial charge in [0, 0.05) is 9.13 Å². The number of aldehydes is 1. The predicted molar refractivity (Wildman–Crippen MR) is 66.1 cm³/mol. The molecule has 0 unspecified atom stereocenters. The molecule has 1 aromatic rings. The van der Waals surface area contributed by atoms with Crippen molar-refractivity contribution in [2.24, 2.45) is 0 Å². The summed E-state index contributed by atoms with van der Waals surface area (Å²) in [5.74, 6) is 0.0542. The predicted octanol–water partition coefficient (Wildman–Crippen LogP) is 2.53. The lowest BCUT2D eigenvalue weighted by atomic mass is 10.1. The Labute approximate surface area is 106 Å². The third kappa shape index (κ3) is 2.69. The molecule has 0 atom stereocenters. The number of hydrogen-bond acceptors (Lipinski definition) is 3. The van der Waals surface area contributed by atoms with Gasteiger partial charge in [0.1, 0.15) is 5.75 Å². The molecular formula is C10H8ClIO3. The van der Waals surface area contributed by atoms with Crippen molar-refractivity contribution in [1.29, 1.82) is 0 Å². The molecule has 15 heavy (non-hydrogen) atoms. The van der Waals surface area contributed by atoms with Crippen LogP contribution in [-0.4, -0.2) is 25.1 Å². The first kappa shape index (κ1) is 12.4. The summed E-state index contributed by atoms with van der Waals surface area (Å²) in [5.41, 5.74) is 0.805. The summed E-state index contributed by atoms with van der Waals surface area (Å²) in [6, 6.07) is 3.14. The van der Waals surface area contributed by atoms with Gasteiger partial charge in [0.15, 0.2) is 12.1 Å². The SMILES string of the molecule is COc1cc(I)c(C=O)cc1C(=O)CCl. The van der Waals surface area contributed by atoms with E-state index in [2.05, 4.69) is 0 Å². The van der Waals surface area contributed by atoms with Gasteiger partial charge in [-0.25, -0.2) is 0 Å². The molecule has 1 rings (SSSR count). The Balaban J connectivity index is 3.34. The van der Waals surface area contributed by atoms with Crippen LogP contribution in [0.25, 0.3) is 0 Å². The largest absolute Gasteiger partial charge is 0.496 e. The summed E-state index contributed by atoms with van der Waals surface area (Å²) in [4.78, 5) is 22.1. The van der Waals surface area contributed by atoms with Crippen molar-refractivity contribution in [2.75, 3.05) is 13.0 Å². The average Bonchev–Trinajstić information content (AvgIpc) is 2.27. The Kier molecular flexibility index (Phi) is 4.53. The Morgan fingerprint density at radius 3 is 2.73 bits per heavy atom. The van der Waals surface area contributed by atoms with Crippen molar-refractivity contribution < 1.29 is 14.3 Å². The third-order valence-electron chi connectivity index (χ3n) is 1.87. The second kappa shape index (κ2) is 5.46. The van der Waals surface area contributed by atoms with E-state index in [1.54, 1.807) is 6.07 Å². The first-order valence-corrected chi connectivity index (χ1v) is 5.67. The molecule has 0 spiro atoms. The molecule has 0 fully saturated rings. The average molecular weight is 339 g/mol. The molecule has 0 N–H and O–H groups in total. The minimum absolute atomic E-state index is 0.130. The summed E-state index contributed by atoms with van der Waals surface area (Å²) >= 11 is 7.46. The zero-order valence-corrected chi connectivity index (χ0v) is 10.8. The molecule has 80 valence electrons. The van der Waals surface area contributed by atoms with Gasteiger partial charge in [-0.1, -0.05) is 0 Å². The van der Waals surface area contributed by atoms with Gasteiger partial charge in [-0.15, -0.1) is 11.6 Å². The first-order chi connectivity index (χ1) is 7.13. The highest BCUT2D eigenvalue weighted by Crippen LogP contribution is 2.24. The molecule has 0 radical (unpaired) electrons. The van der Waals surface area contributed by atoms with Crippen LogP contribution in [0.3, 0.4) is 0 Å². The van der Waals surface area contributed by atoms with E-state index in [9.17, 15) is 9.59 Å². The van der Waals surface area contributed by atoms with E-state index in [1.807, 2.05) is 22.6 Å². The summed E-state index contributed by atoms with van der Waals surface area (Å²) in [7, 11) is 1.47. The number of benzene rings is 1. The zero-order valence-electron chi connectivity index (χ0n) is 7.92. The van der Waals surface area contributed by atoms with Gasteiger partial charge < -0.3 is 4.74 Å². The van der Waals surface area contributed by atoms with Crippen LogP contribution in [0.1, 0.15) is 20.7 Å². The second-order valence-corrected chi connectivity index (χ2v) is 4.18. The van der Waals surface area contributed by atoms with Gasteiger partial charge in [0.05, 0.1) is 18.6 Å². The Bertz CT molecular complexity index is 404. The van der Waals surface area contributed by atoms with Gasteiger partial charge >= 0.3 is 0 Å². The summed E-state index contributed by atoms with van der Waals surface area (Å²) in [6.45, 7) is 0. The molecule has 3 nitrogen and oxygen atoms in total. The lowest BCUT2D eigenvalue weighted by Crippen LogP contribution is -2.05. The zero-order chi connectivity index (χ0) is 11.4. The van der Waals surface area contributed by atoms with E-state index in [0.29, 0.717) is 23.2 Å². The lowest BCUT2D eigenvalue weighted by Gasteiger charge is -2.08. The summed E-state index contributed by atoms with van der Waals surface area (Å²) in [6.07, 6.45) is 0.701. The van der Waals surface area contributed by atoms with Gasteiger partial charge in [-0.05, 0) is 34.7 Å². The van der Waals surface area contributed by atoms with E-state index in [4.69, 9.17) is 16.3 Å². The number of halogens is 2. The van der Waals surface area contributed by atoms with Crippen LogP contribution in [0, 0.1) is 3.57 Å². The maximum atomic E-state index is 11.4. The number of rotatable bonds is 4. The van der Waals surface area contributed by atoms with Crippen LogP contribution >= 0.6 is 34.2 Å². The minimum Gasteiger partial charge on any atom is -0.496 e. The molecule has 0 aliphatic heterocycles. The molecule has 0 aliphatic carbocycles. The molecule has 0 heterocycles. The standard InChI is InChI=1S/C10H8ClIO3/c1-15-10-3-8(12)6(5-13)2-7(10)9(14)4-11/h2-3,5H,4H2,1H3. The van der Waals surface area contributed by atoms with Crippen LogP contribution in [-0.2, 0) is 0 Å². The van der Waals surface area contributed by atoms with Crippen LogP contribution in [0.5, 0.6) is 5.75 Å². The fourth-order valence-electron chi connectivity index (χ4n) is 1.12. The van der Waals surface area contributed by atoms with Crippen LogP contribution in [0.2, 0.25) is 0 Å². The van der Waals surface area contributed by atoms with Gasteiger partial charge in [-0.2, -0.15) is 0 Å². The monoisotopic (exact) mass is 338 g/mol. The normalized spacial score (nSPS) is 9.80. The number of ether oxygens (including phenoxy) is 1. The van der Waals surface area contributed by atoms with Crippen molar-refractivity contribution in [3.05, 3.63) is 26.8 Å². The van der Waals surface area contributed by atoms with Crippen molar-refractivity contribution in [3.63, 3.8) is 0 Å². The van der Waals surface area contributed by atoms with Crippen LogP contribution in [0.4, 0.5) is 0 Å². The van der Waals surface area contributed by atoms with E-state index >= 15 is 0 Å². The molecule has 0 bridgehead atoms. The molecule has 0 amide bonds. The van der Waals surface area contributed by atoms with Crippen molar-refractivity contribution in [1.82, 2.24) is 0 Å². The number of carbonyl (C=O) groups is 2. The molecule has 1 aromatic carbocycles. The topological polar surface area (TPSA) is 43.4 Å². The molecule has 0 aromatic heterocycles. The molecule has 0 aliphatic rings. The maximum absolute atomic E-state index is 11.4. The van der Waals surface area contributed by atoms with Gasteiger partial charge in [0.25, 0.3) is 0 Å².